The van der Waals surface area contributed by atoms with Crippen LogP contribution in [0.15, 0.2) is 30.7 Å². The zero-order valence-corrected chi connectivity index (χ0v) is 10.7. The number of pyridine rings is 1. The quantitative estimate of drug-likeness (QED) is 0.676. The minimum Gasteiger partial charge on any atom is -0.248 e. The molecule has 0 aliphatic heterocycles. The normalized spacial score (nSPS) is 12.8. The number of halogens is 2. The van der Waals surface area contributed by atoms with Gasteiger partial charge in [0.1, 0.15) is 10.7 Å². The minimum absolute atomic E-state index is 0.271. The highest BCUT2D eigenvalue weighted by Crippen LogP contribution is 2.22. The van der Waals surface area contributed by atoms with Gasteiger partial charge in [0, 0.05) is 11.8 Å². The third-order valence-electron chi connectivity index (χ3n) is 2.88. The Morgan fingerprint density at radius 3 is 2.95 bits per heavy atom. The lowest BCUT2D eigenvalue weighted by atomic mass is 10.1. The van der Waals surface area contributed by atoms with Crippen molar-refractivity contribution in [2.45, 2.75) is 13.0 Å². The van der Waals surface area contributed by atoms with E-state index in [9.17, 15) is 4.39 Å². The number of nitrogens with zero attached hydrogens (tertiary/aromatic N) is 5. The van der Waals surface area contributed by atoms with Crippen molar-refractivity contribution in [1.82, 2.24) is 24.7 Å². The lowest BCUT2D eigenvalue weighted by molar-refractivity contribution is 0.508. The van der Waals surface area contributed by atoms with E-state index in [0.717, 1.165) is 0 Å². The summed E-state index contributed by atoms with van der Waals surface area (Å²) in [5.41, 5.74) is 1.57. The Bertz CT molecular complexity index is 742. The Labute approximate surface area is 113 Å². The molecule has 19 heavy (non-hydrogen) atoms. The van der Waals surface area contributed by atoms with E-state index in [1.165, 1.54) is 12.4 Å². The van der Waals surface area contributed by atoms with Crippen molar-refractivity contribution >= 4 is 22.8 Å². The second-order valence-electron chi connectivity index (χ2n) is 4.05. The van der Waals surface area contributed by atoms with Crippen molar-refractivity contribution in [3.8, 4) is 0 Å². The highest BCUT2D eigenvalue weighted by molar-refractivity contribution is 6.29. The van der Waals surface area contributed by atoms with Crippen molar-refractivity contribution in [2.24, 2.45) is 0 Å². The molecule has 96 valence electrons. The van der Waals surface area contributed by atoms with E-state index in [2.05, 4.69) is 20.1 Å². The lowest BCUT2D eigenvalue weighted by Gasteiger charge is -2.13. The number of hydrogen-bond donors (Lipinski definition) is 0. The van der Waals surface area contributed by atoms with Gasteiger partial charge in [-0.25, -0.2) is 19.6 Å². The third kappa shape index (κ3) is 2.04. The van der Waals surface area contributed by atoms with Gasteiger partial charge >= 0.3 is 0 Å². The molecule has 0 radical (unpaired) electrons. The predicted molar refractivity (Wildman–Crippen MR) is 68.3 cm³/mol. The number of aromatic nitrogens is 5. The SMILES string of the molecule is CC(c1cccnc1F)n1ncc2ncc(Cl)nc21. The second-order valence-corrected chi connectivity index (χ2v) is 4.44. The van der Waals surface area contributed by atoms with Crippen molar-refractivity contribution in [1.29, 1.82) is 0 Å². The lowest BCUT2D eigenvalue weighted by Crippen LogP contribution is -2.11. The maximum Gasteiger partial charge on any atom is 0.218 e. The molecule has 1 atom stereocenters. The van der Waals surface area contributed by atoms with Crippen LogP contribution in [0, 0.1) is 5.95 Å². The van der Waals surface area contributed by atoms with Gasteiger partial charge in [-0.05, 0) is 13.0 Å². The van der Waals surface area contributed by atoms with Gasteiger partial charge in [-0.2, -0.15) is 9.49 Å². The Morgan fingerprint density at radius 2 is 2.16 bits per heavy atom. The fraction of sp³-hybridized carbons (Fsp3) is 0.167. The Morgan fingerprint density at radius 1 is 1.32 bits per heavy atom. The first kappa shape index (κ1) is 12.0. The van der Waals surface area contributed by atoms with Crippen LogP contribution in [0.2, 0.25) is 5.15 Å². The van der Waals surface area contributed by atoms with Gasteiger partial charge in [-0.1, -0.05) is 17.7 Å². The zero-order valence-electron chi connectivity index (χ0n) is 9.96. The van der Waals surface area contributed by atoms with Crippen molar-refractivity contribution in [2.75, 3.05) is 0 Å². The maximum absolute atomic E-state index is 13.7. The van der Waals surface area contributed by atoms with Gasteiger partial charge in [0.15, 0.2) is 5.65 Å². The minimum atomic E-state index is -0.520. The summed E-state index contributed by atoms with van der Waals surface area (Å²) in [4.78, 5) is 11.9. The first-order chi connectivity index (χ1) is 9.16. The molecule has 0 spiro atoms. The molecule has 3 aromatic heterocycles. The number of hydrogen-bond acceptors (Lipinski definition) is 4. The fourth-order valence-electron chi connectivity index (χ4n) is 1.92. The fourth-order valence-corrected chi connectivity index (χ4v) is 2.05. The van der Waals surface area contributed by atoms with E-state index < -0.39 is 5.95 Å². The first-order valence-electron chi connectivity index (χ1n) is 5.63. The molecule has 0 saturated heterocycles. The summed E-state index contributed by atoms with van der Waals surface area (Å²) >= 11 is 5.83. The standard InChI is InChI=1S/C12H9ClFN5/c1-7(8-3-2-4-15-11(8)14)19-12-9(5-17-19)16-6-10(13)18-12/h2-7H,1H3. The van der Waals surface area contributed by atoms with E-state index in [1.807, 2.05) is 6.92 Å². The molecule has 0 amide bonds. The number of rotatable bonds is 2. The summed E-state index contributed by atoms with van der Waals surface area (Å²) in [6, 6.07) is 3.00. The van der Waals surface area contributed by atoms with Crippen LogP contribution < -0.4 is 0 Å². The van der Waals surface area contributed by atoms with Crippen LogP contribution in [0.1, 0.15) is 18.5 Å². The second kappa shape index (κ2) is 4.55. The Balaban J connectivity index is 2.14. The molecule has 0 N–H and O–H groups in total. The van der Waals surface area contributed by atoms with Gasteiger partial charge in [-0.15, -0.1) is 0 Å². The van der Waals surface area contributed by atoms with Gasteiger partial charge in [-0.3, -0.25) is 0 Å². The average molecular weight is 278 g/mol. The van der Waals surface area contributed by atoms with Crippen LogP contribution in [0.25, 0.3) is 11.2 Å². The summed E-state index contributed by atoms with van der Waals surface area (Å²) < 4.78 is 15.3. The Kier molecular flexibility index (Phi) is 2.87. The molecule has 1 unspecified atom stereocenters. The molecule has 5 nitrogen and oxygen atoms in total. The largest absolute Gasteiger partial charge is 0.248 e. The maximum atomic E-state index is 13.7. The van der Waals surface area contributed by atoms with E-state index >= 15 is 0 Å². The van der Waals surface area contributed by atoms with Crippen molar-refractivity contribution in [3.05, 3.63) is 47.4 Å². The molecule has 0 bridgehead atoms. The average Bonchev–Trinajstić information content (AvgIpc) is 2.81. The molecule has 0 saturated carbocycles. The summed E-state index contributed by atoms with van der Waals surface area (Å²) in [5, 5.41) is 4.46. The van der Waals surface area contributed by atoms with E-state index in [4.69, 9.17) is 11.6 Å². The summed E-state index contributed by atoms with van der Waals surface area (Å²) in [7, 11) is 0. The highest BCUT2D eigenvalue weighted by Gasteiger charge is 2.17. The Hall–Kier alpha value is -2.08. The van der Waals surface area contributed by atoms with E-state index in [1.54, 1.807) is 23.0 Å². The molecule has 7 heteroatoms. The molecular weight excluding hydrogens is 269 g/mol. The molecule has 0 aliphatic rings. The highest BCUT2D eigenvalue weighted by atomic mass is 35.5. The van der Waals surface area contributed by atoms with Crippen LogP contribution in [0.4, 0.5) is 4.39 Å². The zero-order chi connectivity index (χ0) is 13.4. The van der Waals surface area contributed by atoms with Crippen LogP contribution in [0.5, 0.6) is 0 Å². The van der Waals surface area contributed by atoms with Crippen LogP contribution in [-0.4, -0.2) is 24.7 Å². The van der Waals surface area contributed by atoms with Gasteiger partial charge in [0.25, 0.3) is 0 Å². The molecule has 3 aromatic rings. The smallest absolute Gasteiger partial charge is 0.218 e. The molecular formula is C12H9ClFN5. The molecule has 0 aromatic carbocycles. The molecule has 3 heterocycles. The van der Waals surface area contributed by atoms with Crippen LogP contribution >= 0.6 is 11.6 Å². The van der Waals surface area contributed by atoms with E-state index in [-0.39, 0.29) is 11.2 Å². The predicted octanol–water partition coefficient (Wildman–Crippen LogP) is 2.62. The third-order valence-corrected chi connectivity index (χ3v) is 3.06. The van der Waals surface area contributed by atoms with Gasteiger partial charge in [0.2, 0.25) is 5.95 Å². The molecule has 0 aliphatic carbocycles. The van der Waals surface area contributed by atoms with Crippen LogP contribution in [0.3, 0.4) is 0 Å². The van der Waals surface area contributed by atoms with Gasteiger partial charge < -0.3 is 0 Å². The summed E-state index contributed by atoms with van der Waals surface area (Å²) in [6.45, 7) is 1.81. The monoisotopic (exact) mass is 277 g/mol. The summed E-state index contributed by atoms with van der Waals surface area (Å²) in [6.07, 6.45) is 4.43. The van der Waals surface area contributed by atoms with E-state index in [0.29, 0.717) is 16.7 Å². The topological polar surface area (TPSA) is 56.5 Å². The molecule has 3 rings (SSSR count). The van der Waals surface area contributed by atoms with Gasteiger partial charge in [0.05, 0.1) is 18.4 Å². The van der Waals surface area contributed by atoms with Crippen molar-refractivity contribution < 1.29 is 4.39 Å². The summed E-state index contributed by atoms with van der Waals surface area (Å²) in [5.74, 6) is -0.520. The first-order valence-corrected chi connectivity index (χ1v) is 6.01. The van der Waals surface area contributed by atoms with Crippen LogP contribution in [-0.2, 0) is 0 Å². The number of fused-ring (bicyclic) bond motifs is 1. The molecule has 0 fully saturated rings. The van der Waals surface area contributed by atoms with Crippen molar-refractivity contribution in [3.63, 3.8) is 0 Å².